The highest BCUT2D eigenvalue weighted by atomic mass is 16.3. The Kier molecular flexibility index (Phi) is 3.22. The molecule has 0 saturated heterocycles. The van der Waals surface area contributed by atoms with Gasteiger partial charge >= 0.3 is 0 Å². The van der Waals surface area contributed by atoms with Crippen molar-refractivity contribution in [3.8, 4) is 0 Å². The fraction of sp³-hybridized carbons (Fsp3) is 0.278. The Hall–Kier alpha value is -2.49. The van der Waals surface area contributed by atoms with Crippen LogP contribution < -0.4 is 5.32 Å². The standard InChI is InChI=1S/C18H18N2O2/c21-18(19-11-13-4-3-9-22-13)12-7-8-17-15(10-12)14-5-1-2-6-16(14)20-17/h1-6,9,12,20H,7-8,10-11H2,(H,19,21). The molecular formula is C18H18N2O2. The molecule has 0 radical (unpaired) electrons. The molecular weight excluding hydrogens is 276 g/mol. The van der Waals surface area contributed by atoms with Crippen molar-refractivity contribution in [2.45, 2.75) is 25.8 Å². The molecule has 1 unspecified atom stereocenters. The lowest BCUT2D eigenvalue weighted by Crippen LogP contribution is -2.33. The molecule has 1 amide bonds. The van der Waals surface area contributed by atoms with Crippen molar-refractivity contribution in [3.63, 3.8) is 0 Å². The van der Waals surface area contributed by atoms with Crippen LogP contribution in [0.15, 0.2) is 47.1 Å². The fourth-order valence-corrected chi connectivity index (χ4v) is 3.32. The summed E-state index contributed by atoms with van der Waals surface area (Å²) in [5.41, 5.74) is 3.76. The lowest BCUT2D eigenvalue weighted by molar-refractivity contribution is -0.125. The summed E-state index contributed by atoms with van der Waals surface area (Å²) in [5.74, 6) is 0.950. The third-order valence-electron chi connectivity index (χ3n) is 4.48. The minimum Gasteiger partial charge on any atom is -0.467 e. The van der Waals surface area contributed by atoms with Gasteiger partial charge in [0.1, 0.15) is 5.76 Å². The number of hydrogen-bond donors (Lipinski definition) is 2. The van der Waals surface area contributed by atoms with Crippen LogP contribution in [-0.2, 0) is 24.2 Å². The maximum atomic E-state index is 12.4. The van der Waals surface area contributed by atoms with Crippen LogP contribution in [0.25, 0.3) is 10.9 Å². The first kappa shape index (κ1) is 13.2. The number of amides is 1. The number of aryl methyl sites for hydroxylation is 1. The number of aromatic nitrogens is 1. The second-order valence-electron chi connectivity index (χ2n) is 5.86. The molecule has 0 spiro atoms. The van der Waals surface area contributed by atoms with E-state index in [2.05, 4.69) is 28.5 Å². The lowest BCUT2D eigenvalue weighted by atomic mass is 9.86. The van der Waals surface area contributed by atoms with Crippen molar-refractivity contribution >= 4 is 16.8 Å². The highest BCUT2D eigenvalue weighted by Crippen LogP contribution is 2.31. The average molecular weight is 294 g/mol. The third-order valence-corrected chi connectivity index (χ3v) is 4.48. The summed E-state index contributed by atoms with van der Waals surface area (Å²) in [6, 6.07) is 12.0. The Labute approximate surface area is 128 Å². The maximum absolute atomic E-state index is 12.4. The number of carbonyl (C=O) groups excluding carboxylic acids is 1. The Morgan fingerprint density at radius 3 is 3.05 bits per heavy atom. The van der Waals surface area contributed by atoms with Crippen LogP contribution in [0.2, 0.25) is 0 Å². The van der Waals surface area contributed by atoms with Gasteiger partial charge in [-0.2, -0.15) is 0 Å². The second kappa shape index (κ2) is 5.37. The topological polar surface area (TPSA) is 58.0 Å². The summed E-state index contributed by atoms with van der Waals surface area (Å²) in [7, 11) is 0. The smallest absolute Gasteiger partial charge is 0.223 e. The summed E-state index contributed by atoms with van der Waals surface area (Å²) in [6.45, 7) is 0.461. The number of carbonyl (C=O) groups is 1. The monoisotopic (exact) mass is 294 g/mol. The second-order valence-corrected chi connectivity index (χ2v) is 5.86. The van der Waals surface area contributed by atoms with E-state index in [4.69, 9.17) is 4.42 Å². The van der Waals surface area contributed by atoms with Gasteiger partial charge in [-0.1, -0.05) is 18.2 Å². The quantitative estimate of drug-likeness (QED) is 0.779. The van der Waals surface area contributed by atoms with E-state index >= 15 is 0 Å². The predicted octanol–water partition coefficient (Wildman–Crippen LogP) is 3.18. The molecule has 2 aromatic heterocycles. The summed E-state index contributed by atoms with van der Waals surface area (Å²) >= 11 is 0. The van der Waals surface area contributed by atoms with Crippen molar-refractivity contribution in [1.82, 2.24) is 10.3 Å². The first-order chi connectivity index (χ1) is 10.8. The molecule has 3 aromatic rings. The molecule has 0 fully saturated rings. The van der Waals surface area contributed by atoms with E-state index in [9.17, 15) is 4.79 Å². The van der Waals surface area contributed by atoms with Crippen LogP contribution >= 0.6 is 0 Å². The first-order valence-corrected chi connectivity index (χ1v) is 7.70. The number of fused-ring (bicyclic) bond motifs is 3. The van der Waals surface area contributed by atoms with Gasteiger partial charge in [-0.05, 0) is 43.0 Å². The fourth-order valence-electron chi connectivity index (χ4n) is 3.32. The van der Waals surface area contributed by atoms with Gasteiger partial charge in [0, 0.05) is 22.5 Å². The molecule has 1 aliphatic carbocycles. The minimum atomic E-state index is 0.0432. The SMILES string of the molecule is O=C(NCc1ccco1)C1CCc2[nH]c3ccccc3c2C1. The Morgan fingerprint density at radius 2 is 2.18 bits per heavy atom. The molecule has 4 nitrogen and oxygen atoms in total. The largest absolute Gasteiger partial charge is 0.467 e. The maximum Gasteiger partial charge on any atom is 0.223 e. The van der Waals surface area contributed by atoms with Crippen LogP contribution in [0.4, 0.5) is 0 Å². The minimum absolute atomic E-state index is 0.0432. The number of hydrogen-bond acceptors (Lipinski definition) is 2. The van der Waals surface area contributed by atoms with Gasteiger partial charge in [0.25, 0.3) is 0 Å². The average Bonchev–Trinajstić information content (AvgIpc) is 3.19. The molecule has 0 aliphatic heterocycles. The lowest BCUT2D eigenvalue weighted by Gasteiger charge is -2.21. The number of H-pyrrole nitrogens is 1. The van der Waals surface area contributed by atoms with Gasteiger partial charge in [-0.25, -0.2) is 0 Å². The zero-order chi connectivity index (χ0) is 14.9. The molecule has 112 valence electrons. The van der Waals surface area contributed by atoms with E-state index in [1.807, 2.05) is 18.2 Å². The number of benzene rings is 1. The molecule has 2 N–H and O–H groups in total. The normalized spacial score (nSPS) is 17.4. The number of para-hydroxylation sites is 1. The van der Waals surface area contributed by atoms with E-state index in [1.165, 1.54) is 22.2 Å². The van der Waals surface area contributed by atoms with E-state index in [0.717, 1.165) is 25.0 Å². The number of aromatic amines is 1. The predicted molar refractivity (Wildman–Crippen MR) is 84.4 cm³/mol. The molecule has 22 heavy (non-hydrogen) atoms. The summed E-state index contributed by atoms with van der Waals surface area (Å²) in [4.78, 5) is 15.9. The van der Waals surface area contributed by atoms with Gasteiger partial charge in [0.15, 0.2) is 0 Å². The number of furan rings is 1. The first-order valence-electron chi connectivity index (χ1n) is 7.70. The zero-order valence-electron chi connectivity index (χ0n) is 12.3. The number of rotatable bonds is 3. The van der Waals surface area contributed by atoms with Gasteiger partial charge < -0.3 is 14.7 Å². The van der Waals surface area contributed by atoms with Crippen molar-refractivity contribution in [3.05, 3.63) is 59.7 Å². The zero-order valence-corrected chi connectivity index (χ0v) is 12.3. The highest BCUT2D eigenvalue weighted by Gasteiger charge is 2.27. The van der Waals surface area contributed by atoms with E-state index in [-0.39, 0.29) is 11.8 Å². The number of nitrogens with one attached hydrogen (secondary N) is 2. The van der Waals surface area contributed by atoms with E-state index < -0.39 is 0 Å². The van der Waals surface area contributed by atoms with Gasteiger partial charge in [0.2, 0.25) is 5.91 Å². The van der Waals surface area contributed by atoms with Crippen molar-refractivity contribution < 1.29 is 9.21 Å². The molecule has 4 rings (SSSR count). The van der Waals surface area contributed by atoms with Crippen molar-refractivity contribution in [2.75, 3.05) is 0 Å². The molecule has 1 aliphatic rings. The third kappa shape index (κ3) is 2.30. The Morgan fingerprint density at radius 1 is 1.27 bits per heavy atom. The Balaban J connectivity index is 1.50. The van der Waals surface area contributed by atoms with Crippen LogP contribution in [0.3, 0.4) is 0 Å². The van der Waals surface area contributed by atoms with Crippen molar-refractivity contribution in [1.29, 1.82) is 0 Å². The molecule has 1 atom stereocenters. The van der Waals surface area contributed by atoms with Crippen LogP contribution in [0.5, 0.6) is 0 Å². The van der Waals surface area contributed by atoms with Gasteiger partial charge in [-0.15, -0.1) is 0 Å². The summed E-state index contributed by atoms with van der Waals surface area (Å²) in [5, 5.41) is 4.23. The summed E-state index contributed by atoms with van der Waals surface area (Å²) < 4.78 is 5.25. The molecule has 0 bridgehead atoms. The van der Waals surface area contributed by atoms with E-state index in [0.29, 0.717) is 6.54 Å². The molecule has 1 aromatic carbocycles. The van der Waals surface area contributed by atoms with Gasteiger partial charge in [0.05, 0.1) is 12.8 Å². The van der Waals surface area contributed by atoms with Crippen LogP contribution in [0, 0.1) is 5.92 Å². The molecule has 4 heteroatoms. The molecule has 0 saturated carbocycles. The van der Waals surface area contributed by atoms with Gasteiger partial charge in [-0.3, -0.25) is 4.79 Å². The Bertz CT molecular complexity index is 802. The van der Waals surface area contributed by atoms with Crippen molar-refractivity contribution in [2.24, 2.45) is 5.92 Å². The van der Waals surface area contributed by atoms with Crippen LogP contribution in [-0.4, -0.2) is 10.9 Å². The van der Waals surface area contributed by atoms with E-state index in [1.54, 1.807) is 6.26 Å². The summed E-state index contributed by atoms with van der Waals surface area (Å²) in [6.07, 6.45) is 4.26. The highest BCUT2D eigenvalue weighted by molar-refractivity contribution is 5.86. The molecule has 2 heterocycles. The van der Waals surface area contributed by atoms with Crippen LogP contribution in [0.1, 0.15) is 23.4 Å².